The Morgan fingerprint density at radius 2 is 2.20 bits per heavy atom. The lowest BCUT2D eigenvalue weighted by Gasteiger charge is -2.14. The molecule has 0 spiro atoms. The van der Waals surface area contributed by atoms with Crippen molar-refractivity contribution in [3.05, 3.63) is 46.8 Å². The number of nitrogens with zero attached hydrogens (tertiary/aromatic N) is 4. The molecule has 0 radical (unpaired) electrons. The Hall–Kier alpha value is -2.74. The van der Waals surface area contributed by atoms with Gasteiger partial charge in [0, 0.05) is 25.9 Å². The van der Waals surface area contributed by atoms with Crippen molar-refractivity contribution in [1.82, 2.24) is 20.0 Å². The van der Waals surface area contributed by atoms with Crippen molar-refractivity contribution in [3.8, 4) is 11.4 Å². The monoisotopic (exact) mass is 357 g/mol. The normalized spacial score (nSPS) is 10.7. The molecule has 8 heteroatoms. The molecular weight excluding hydrogens is 338 g/mol. The fraction of sp³-hybridized carbons (Fsp3) is 0.294. The van der Waals surface area contributed by atoms with Crippen molar-refractivity contribution in [1.29, 1.82) is 0 Å². The van der Waals surface area contributed by atoms with Crippen molar-refractivity contribution >= 4 is 22.4 Å². The molecular formula is C17H19N5O2S. The van der Waals surface area contributed by atoms with E-state index in [0.717, 1.165) is 23.1 Å². The van der Waals surface area contributed by atoms with Gasteiger partial charge in [0.2, 0.25) is 0 Å². The minimum atomic E-state index is -0.0880. The number of aryl methyl sites for hydroxylation is 1. The van der Waals surface area contributed by atoms with Crippen molar-refractivity contribution in [2.75, 3.05) is 18.9 Å². The molecule has 1 amide bonds. The van der Waals surface area contributed by atoms with Gasteiger partial charge in [-0.3, -0.25) is 9.78 Å². The first kappa shape index (κ1) is 17.1. The maximum Gasteiger partial charge on any atom is 0.266 e. The molecule has 3 aromatic heterocycles. The quantitative estimate of drug-likeness (QED) is 0.729. The van der Waals surface area contributed by atoms with E-state index in [1.165, 1.54) is 11.3 Å². The molecule has 3 aromatic rings. The zero-order chi connectivity index (χ0) is 17.8. The van der Waals surface area contributed by atoms with Crippen LogP contribution >= 0.6 is 11.3 Å². The second-order valence-corrected chi connectivity index (χ2v) is 6.52. The Bertz CT molecular complexity index is 859. The fourth-order valence-electron chi connectivity index (χ4n) is 2.32. The van der Waals surface area contributed by atoms with Crippen LogP contribution in [0.5, 0.6) is 0 Å². The molecule has 0 aliphatic rings. The maximum atomic E-state index is 12.7. The third-order valence-electron chi connectivity index (χ3n) is 3.54. The van der Waals surface area contributed by atoms with Gasteiger partial charge in [0.1, 0.15) is 10.6 Å². The minimum absolute atomic E-state index is 0.0880. The molecule has 0 fully saturated rings. The average Bonchev–Trinajstić information content (AvgIpc) is 3.22. The fourth-order valence-corrected chi connectivity index (χ4v) is 3.35. The molecule has 25 heavy (non-hydrogen) atoms. The third-order valence-corrected chi connectivity index (χ3v) is 4.65. The van der Waals surface area contributed by atoms with Crippen LogP contribution < -0.4 is 5.32 Å². The van der Waals surface area contributed by atoms with Crippen molar-refractivity contribution in [2.24, 2.45) is 0 Å². The number of anilines is 1. The molecule has 0 aliphatic carbocycles. The second-order valence-electron chi connectivity index (χ2n) is 5.52. The molecule has 7 nitrogen and oxygen atoms in total. The molecule has 130 valence electrons. The number of nitrogens with one attached hydrogen (secondary N) is 1. The molecule has 0 saturated carbocycles. The largest absolute Gasteiger partial charge is 0.362 e. The first-order valence-corrected chi connectivity index (χ1v) is 8.74. The van der Waals surface area contributed by atoms with Crippen LogP contribution in [-0.2, 0) is 6.54 Å². The topological polar surface area (TPSA) is 84.2 Å². The number of hydrogen-bond donors (Lipinski definition) is 1. The van der Waals surface area contributed by atoms with Crippen molar-refractivity contribution < 1.29 is 9.32 Å². The van der Waals surface area contributed by atoms with Gasteiger partial charge in [-0.15, -0.1) is 0 Å². The van der Waals surface area contributed by atoms with Gasteiger partial charge in [0.15, 0.2) is 10.9 Å². The van der Waals surface area contributed by atoms with E-state index < -0.39 is 0 Å². The predicted molar refractivity (Wildman–Crippen MR) is 96.5 cm³/mol. The SMILES string of the molecule is CCNc1nc(C)c(C(=O)N(C)Cc2cc(-c3ccccn3)no2)s1. The average molecular weight is 357 g/mol. The minimum Gasteiger partial charge on any atom is -0.362 e. The lowest BCUT2D eigenvalue weighted by molar-refractivity contribution is 0.0776. The van der Waals surface area contributed by atoms with Crippen LogP contribution in [0.4, 0.5) is 5.13 Å². The van der Waals surface area contributed by atoms with Crippen LogP contribution in [0.25, 0.3) is 11.4 Å². The summed E-state index contributed by atoms with van der Waals surface area (Å²) in [7, 11) is 1.73. The molecule has 0 unspecified atom stereocenters. The van der Waals surface area contributed by atoms with Crippen LogP contribution in [0.2, 0.25) is 0 Å². The summed E-state index contributed by atoms with van der Waals surface area (Å²) in [6, 6.07) is 7.39. The van der Waals surface area contributed by atoms with Crippen LogP contribution in [-0.4, -0.2) is 39.5 Å². The Kier molecular flexibility index (Phi) is 5.08. The van der Waals surface area contributed by atoms with Gasteiger partial charge in [0.05, 0.1) is 17.9 Å². The van der Waals surface area contributed by atoms with E-state index in [1.807, 2.05) is 32.0 Å². The first-order chi connectivity index (χ1) is 12.1. The first-order valence-electron chi connectivity index (χ1n) is 7.92. The summed E-state index contributed by atoms with van der Waals surface area (Å²) in [6.07, 6.45) is 1.70. The van der Waals surface area contributed by atoms with E-state index in [4.69, 9.17) is 4.52 Å². The number of carbonyl (C=O) groups excluding carboxylic acids is 1. The standard InChI is InChI=1S/C17H19N5O2S/c1-4-18-17-20-11(2)15(25-17)16(23)22(3)10-12-9-14(21-24-12)13-7-5-6-8-19-13/h5-9H,4,10H2,1-3H3,(H,18,20). The van der Waals surface area contributed by atoms with Gasteiger partial charge in [0.25, 0.3) is 5.91 Å². The van der Waals surface area contributed by atoms with E-state index in [-0.39, 0.29) is 5.91 Å². The van der Waals surface area contributed by atoms with E-state index in [9.17, 15) is 4.79 Å². The van der Waals surface area contributed by atoms with Crippen LogP contribution in [0.15, 0.2) is 35.0 Å². The highest BCUT2D eigenvalue weighted by molar-refractivity contribution is 7.17. The summed E-state index contributed by atoms with van der Waals surface area (Å²) < 4.78 is 5.34. The van der Waals surface area contributed by atoms with Crippen LogP contribution in [0, 0.1) is 6.92 Å². The molecule has 0 aliphatic heterocycles. The lowest BCUT2D eigenvalue weighted by Crippen LogP contribution is -2.25. The summed E-state index contributed by atoms with van der Waals surface area (Å²) >= 11 is 1.36. The molecule has 0 bridgehead atoms. The number of aromatic nitrogens is 3. The summed E-state index contributed by atoms with van der Waals surface area (Å²) in [5.41, 5.74) is 2.12. The number of carbonyl (C=O) groups is 1. The zero-order valence-electron chi connectivity index (χ0n) is 14.3. The Labute approximate surface area is 149 Å². The van der Waals surface area contributed by atoms with Gasteiger partial charge in [-0.25, -0.2) is 4.98 Å². The number of thiazole rings is 1. The zero-order valence-corrected chi connectivity index (χ0v) is 15.1. The molecule has 3 rings (SSSR count). The third kappa shape index (κ3) is 3.85. The van der Waals surface area contributed by atoms with Crippen LogP contribution in [0.3, 0.4) is 0 Å². The molecule has 0 atom stereocenters. The molecule has 0 aromatic carbocycles. The van der Waals surface area contributed by atoms with E-state index in [2.05, 4.69) is 20.4 Å². The summed E-state index contributed by atoms with van der Waals surface area (Å²) in [5, 5.41) is 7.92. The summed E-state index contributed by atoms with van der Waals surface area (Å²) in [5.74, 6) is 0.514. The molecule has 0 saturated heterocycles. The van der Waals surface area contributed by atoms with Gasteiger partial charge < -0.3 is 14.7 Å². The summed E-state index contributed by atoms with van der Waals surface area (Å²) in [4.78, 5) is 23.5. The molecule has 1 N–H and O–H groups in total. The van der Waals surface area contributed by atoms with Crippen molar-refractivity contribution in [2.45, 2.75) is 20.4 Å². The van der Waals surface area contributed by atoms with E-state index in [0.29, 0.717) is 22.9 Å². The maximum absolute atomic E-state index is 12.7. The van der Waals surface area contributed by atoms with E-state index >= 15 is 0 Å². The highest BCUT2D eigenvalue weighted by atomic mass is 32.1. The number of rotatable bonds is 6. The van der Waals surface area contributed by atoms with Gasteiger partial charge in [-0.2, -0.15) is 0 Å². The van der Waals surface area contributed by atoms with Gasteiger partial charge >= 0.3 is 0 Å². The number of amides is 1. The second kappa shape index (κ2) is 7.43. The highest BCUT2D eigenvalue weighted by Crippen LogP contribution is 2.24. The number of pyridine rings is 1. The highest BCUT2D eigenvalue weighted by Gasteiger charge is 2.20. The lowest BCUT2D eigenvalue weighted by atomic mass is 10.2. The smallest absolute Gasteiger partial charge is 0.266 e. The van der Waals surface area contributed by atoms with Crippen LogP contribution in [0.1, 0.15) is 28.0 Å². The van der Waals surface area contributed by atoms with E-state index in [1.54, 1.807) is 24.2 Å². The number of hydrogen-bond acceptors (Lipinski definition) is 7. The predicted octanol–water partition coefficient (Wildman–Crippen LogP) is 3.21. The van der Waals surface area contributed by atoms with Gasteiger partial charge in [-0.05, 0) is 26.0 Å². The Morgan fingerprint density at radius 3 is 2.92 bits per heavy atom. The Morgan fingerprint density at radius 1 is 1.36 bits per heavy atom. The van der Waals surface area contributed by atoms with Gasteiger partial charge in [-0.1, -0.05) is 22.6 Å². The molecule has 3 heterocycles. The van der Waals surface area contributed by atoms with Crippen molar-refractivity contribution in [3.63, 3.8) is 0 Å². The Balaban J connectivity index is 1.71. The summed E-state index contributed by atoms with van der Waals surface area (Å²) in [6.45, 7) is 4.93.